The molecule has 2 aromatic rings. The van der Waals surface area contributed by atoms with E-state index in [2.05, 4.69) is 93.5 Å². The van der Waals surface area contributed by atoms with Crippen LogP contribution in [0.3, 0.4) is 0 Å². The van der Waals surface area contributed by atoms with E-state index in [1.165, 1.54) is 33.1 Å². The van der Waals surface area contributed by atoms with Gasteiger partial charge in [0.1, 0.15) is 0 Å². The van der Waals surface area contributed by atoms with Crippen LogP contribution in [0.5, 0.6) is 11.5 Å². The molecule has 2 aromatic carbocycles. The zero-order valence-electron chi connectivity index (χ0n) is 24.7. The first-order valence-corrected chi connectivity index (χ1v) is 14.9. The summed E-state index contributed by atoms with van der Waals surface area (Å²) in [7, 11) is 2.81. The maximum absolute atomic E-state index is 10.8. The van der Waals surface area contributed by atoms with Crippen molar-refractivity contribution in [2.45, 2.75) is 116 Å². The van der Waals surface area contributed by atoms with Crippen LogP contribution in [0.4, 0.5) is 0 Å². The summed E-state index contributed by atoms with van der Waals surface area (Å²) in [6.45, 7) is 23.2. The van der Waals surface area contributed by atoms with Crippen LogP contribution >= 0.6 is 7.92 Å². The van der Waals surface area contributed by atoms with Crippen molar-refractivity contribution in [2.24, 2.45) is 0 Å². The number of hydrogen-bond donors (Lipinski definition) is 1. The Kier molecular flexibility index (Phi) is 8.59. The fraction of sp³-hybridized carbons (Fsp3) is 0.625. The summed E-state index contributed by atoms with van der Waals surface area (Å²) in [5.41, 5.74) is 6.85. The minimum Gasteiger partial charge on any atom is -0.493 e. The highest BCUT2D eigenvalue weighted by atomic mass is 31.1. The van der Waals surface area contributed by atoms with Gasteiger partial charge in [0.2, 0.25) is 0 Å². The summed E-state index contributed by atoms with van der Waals surface area (Å²) in [5, 5.41) is 12.1. The molecule has 0 aromatic heterocycles. The molecular formula is C32H49O3P. The Hall–Kier alpha value is -1.57. The molecule has 200 valence electrons. The standard InChI is InChI=1S/C32H49O3P/c1-19(2)22-13-24(20(3)4)30(25(14-22)21(5)6)26-15-27(34-11)28(35-12)16-29(26)36-31(7,8)17-23(33)18-32(36,9)10/h13-16,19-21,23,33H,17-18H2,1-12H3. The molecule has 0 radical (unpaired) electrons. The largest absolute Gasteiger partial charge is 0.493 e. The molecule has 0 amide bonds. The van der Waals surface area contributed by atoms with Crippen LogP contribution < -0.4 is 14.8 Å². The molecule has 0 spiro atoms. The summed E-state index contributed by atoms with van der Waals surface area (Å²) in [4.78, 5) is 0. The van der Waals surface area contributed by atoms with E-state index in [0.717, 1.165) is 24.3 Å². The van der Waals surface area contributed by atoms with E-state index in [4.69, 9.17) is 9.47 Å². The van der Waals surface area contributed by atoms with Gasteiger partial charge < -0.3 is 14.6 Å². The molecular weight excluding hydrogens is 463 g/mol. The summed E-state index contributed by atoms with van der Waals surface area (Å²) >= 11 is 0. The third-order valence-corrected chi connectivity index (χ3v) is 11.5. The zero-order chi connectivity index (χ0) is 27.2. The average Bonchev–Trinajstić information content (AvgIpc) is 2.75. The van der Waals surface area contributed by atoms with Crippen LogP contribution in [-0.2, 0) is 0 Å². The number of aliphatic hydroxyl groups excluding tert-OH is 1. The lowest BCUT2D eigenvalue weighted by atomic mass is 9.81. The topological polar surface area (TPSA) is 38.7 Å². The van der Waals surface area contributed by atoms with Crippen LogP contribution in [0, 0.1) is 0 Å². The van der Waals surface area contributed by atoms with E-state index in [1.807, 2.05) is 0 Å². The lowest BCUT2D eigenvalue weighted by Crippen LogP contribution is -2.45. The van der Waals surface area contributed by atoms with Crippen molar-refractivity contribution >= 4 is 13.2 Å². The normalized spacial score (nSPS) is 21.3. The second-order valence-corrected chi connectivity index (χ2v) is 16.4. The first-order chi connectivity index (χ1) is 16.6. The van der Waals surface area contributed by atoms with Gasteiger partial charge in [-0.15, -0.1) is 0 Å². The van der Waals surface area contributed by atoms with Crippen molar-refractivity contribution < 1.29 is 14.6 Å². The fourth-order valence-corrected chi connectivity index (χ4v) is 10.8. The minimum atomic E-state index is -0.643. The third-order valence-electron chi connectivity index (χ3n) is 7.83. The maximum atomic E-state index is 10.8. The third kappa shape index (κ3) is 5.48. The Morgan fingerprint density at radius 3 is 1.58 bits per heavy atom. The van der Waals surface area contributed by atoms with Gasteiger partial charge >= 0.3 is 0 Å². The molecule has 0 aliphatic carbocycles. The Labute approximate surface area is 221 Å². The number of benzene rings is 2. The molecule has 1 N–H and O–H groups in total. The van der Waals surface area contributed by atoms with Crippen molar-refractivity contribution in [1.29, 1.82) is 0 Å². The van der Waals surface area contributed by atoms with Crippen molar-refractivity contribution in [1.82, 2.24) is 0 Å². The Morgan fingerprint density at radius 1 is 0.750 bits per heavy atom. The van der Waals surface area contributed by atoms with Gasteiger partial charge in [0.15, 0.2) is 11.5 Å². The van der Waals surface area contributed by atoms with Crippen molar-refractivity contribution in [3.63, 3.8) is 0 Å². The molecule has 0 saturated carbocycles. The number of rotatable bonds is 7. The smallest absolute Gasteiger partial charge is 0.161 e. The second kappa shape index (κ2) is 10.7. The molecule has 1 aliphatic heterocycles. The first-order valence-electron chi connectivity index (χ1n) is 13.6. The molecule has 0 atom stereocenters. The van der Waals surface area contributed by atoms with E-state index in [1.54, 1.807) is 14.2 Å². The number of ether oxygens (including phenoxy) is 2. The second-order valence-electron chi connectivity index (χ2n) is 12.8. The molecule has 1 heterocycles. The highest BCUT2D eigenvalue weighted by molar-refractivity contribution is 7.69. The van der Waals surface area contributed by atoms with Gasteiger partial charge in [-0.3, -0.25) is 0 Å². The van der Waals surface area contributed by atoms with Crippen molar-refractivity contribution in [3.8, 4) is 22.6 Å². The molecule has 4 heteroatoms. The van der Waals surface area contributed by atoms with E-state index in [0.29, 0.717) is 17.8 Å². The van der Waals surface area contributed by atoms with Crippen molar-refractivity contribution in [3.05, 3.63) is 41.0 Å². The summed E-state index contributed by atoms with van der Waals surface area (Å²) in [6.07, 6.45) is 1.37. The lowest BCUT2D eigenvalue weighted by molar-refractivity contribution is 0.125. The monoisotopic (exact) mass is 512 g/mol. The highest BCUT2D eigenvalue weighted by Gasteiger charge is 2.48. The van der Waals surface area contributed by atoms with Gasteiger partial charge in [-0.1, -0.05) is 89.3 Å². The lowest BCUT2D eigenvalue weighted by Gasteiger charge is -2.52. The van der Waals surface area contributed by atoms with E-state index in [-0.39, 0.29) is 16.4 Å². The van der Waals surface area contributed by atoms with Crippen molar-refractivity contribution in [2.75, 3.05) is 14.2 Å². The average molecular weight is 513 g/mol. The summed E-state index contributed by atoms with van der Waals surface area (Å²) < 4.78 is 11.7. The molecule has 3 nitrogen and oxygen atoms in total. The van der Waals surface area contributed by atoms with Gasteiger partial charge in [-0.25, -0.2) is 0 Å². The van der Waals surface area contributed by atoms with Gasteiger partial charge in [-0.2, -0.15) is 0 Å². The van der Waals surface area contributed by atoms with Gasteiger partial charge in [-0.05, 0) is 86.2 Å². The molecule has 1 saturated heterocycles. The predicted molar refractivity (Wildman–Crippen MR) is 157 cm³/mol. The number of hydrogen-bond acceptors (Lipinski definition) is 3. The molecule has 0 unspecified atom stereocenters. The Bertz CT molecular complexity index is 1030. The molecule has 3 rings (SSSR count). The number of methoxy groups -OCH3 is 2. The van der Waals surface area contributed by atoms with Crippen LogP contribution in [0.1, 0.15) is 117 Å². The maximum Gasteiger partial charge on any atom is 0.161 e. The van der Waals surface area contributed by atoms with Crippen LogP contribution in [0.15, 0.2) is 24.3 Å². The molecule has 0 bridgehead atoms. The quantitative estimate of drug-likeness (QED) is 0.378. The Morgan fingerprint density at radius 2 is 1.19 bits per heavy atom. The van der Waals surface area contributed by atoms with Gasteiger partial charge in [0, 0.05) is 0 Å². The minimum absolute atomic E-state index is 0.0152. The van der Waals surface area contributed by atoms with Gasteiger partial charge in [0.05, 0.1) is 20.3 Å². The summed E-state index contributed by atoms with van der Waals surface area (Å²) in [5.74, 6) is 2.81. The molecule has 1 aliphatic rings. The Balaban J connectivity index is 2.49. The zero-order valence-corrected chi connectivity index (χ0v) is 25.6. The van der Waals surface area contributed by atoms with E-state index >= 15 is 0 Å². The molecule has 1 fully saturated rings. The van der Waals surface area contributed by atoms with Gasteiger partial charge in [0.25, 0.3) is 0 Å². The van der Waals surface area contributed by atoms with E-state index in [9.17, 15) is 5.11 Å². The van der Waals surface area contributed by atoms with E-state index < -0.39 is 7.92 Å². The SMILES string of the molecule is COc1cc(-c2c(C(C)C)cc(C(C)C)cc2C(C)C)c(P2C(C)(C)CC(O)CC2(C)C)cc1OC. The van der Waals surface area contributed by atoms with Crippen LogP contribution in [0.25, 0.3) is 11.1 Å². The van der Waals surface area contributed by atoms with Crippen LogP contribution in [0.2, 0.25) is 0 Å². The highest BCUT2D eigenvalue weighted by Crippen LogP contribution is 2.66. The predicted octanol–water partition coefficient (Wildman–Crippen LogP) is 8.56. The number of aliphatic hydroxyl groups is 1. The fourth-order valence-electron chi connectivity index (χ4n) is 6.40. The van der Waals surface area contributed by atoms with Crippen LogP contribution in [-0.4, -0.2) is 35.7 Å². The first kappa shape index (κ1) is 29.0. The summed E-state index contributed by atoms with van der Waals surface area (Å²) in [6, 6.07) is 9.36. The molecule has 36 heavy (non-hydrogen) atoms.